The number of rotatable bonds is 5. The molecule has 0 saturated heterocycles. The van der Waals surface area contributed by atoms with E-state index < -0.39 is 10.9 Å². The van der Waals surface area contributed by atoms with Gasteiger partial charge in [0.05, 0.1) is 17.2 Å². The maximum absolute atomic E-state index is 11.1. The average molecular weight is 273 g/mol. The first-order valence-electron chi connectivity index (χ1n) is 5.70. The van der Waals surface area contributed by atoms with Crippen LogP contribution in [0.1, 0.15) is 10.5 Å². The summed E-state index contributed by atoms with van der Waals surface area (Å²) in [6.45, 7) is 3.78. The lowest BCUT2D eigenvalue weighted by molar-refractivity contribution is -0.384. The van der Waals surface area contributed by atoms with Gasteiger partial charge >= 0.3 is 5.97 Å². The summed E-state index contributed by atoms with van der Waals surface area (Å²) in [5.41, 5.74) is 0.793. The van der Waals surface area contributed by atoms with E-state index in [0.717, 1.165) is 0 Å². The molecule has 1 aromatic heterocycles. The molecule has 0 aliphatic carbocycles. The minimum Gasteiger partial charge on any atom is -0.477 e. The molecule has 0 aliphatic rings. The van der Waals surface area contributed by atoms with Gasteiger partial charge < -0.3 is 5.11 Å². The van der Waals surface area contributed by atoms with Gasteiger partial charge in [-0.1, -0.05) is 18.2 Å². The van der Waals surface area contributed by atoms with Gasteiger partial charge in [0.15, 0.2) is 0 Å². The Morgan fingerprint density at radius 1 is 1.50 bits per heavy atom. The summed E-state index contributed by atoms with van der Waals surface area (Å²) in [7, 11) is 0. The lowest BCUT2D eigenvalue weighted by atomic mass is 10.1. The molecule has 1 N–H and O–H groups in total. The number of carbonyl (C=O) groups is 1. The number of allylic oxidation sites excluding steroid dienone is 1. The first kappa shape index (κ1) is 13.5. The second-order valence-electron chi connectivity index (χ2n) is 4.00. The Balaban J connectivity index is 2.50. The molecule has 0 unspecified atom stereocenters. The predicted octanol–water partition coefficient (Wildman–Crippen LogP) is 2.34. The van der Waals surface area contributed by atoms with Gasteiger partial charge in [-0.25, -0.2) is 4.79 Å². The Hall–Kier alpha value is -2.96. The normalized spacial score (nSPS) is 10.2. The van der Waals surface area contributed by atoms with Crippen molar-refractivity contribution in [2.75, 3.05) is 0 Å². The maximum Gasteiger partial charge on any atom is 0.354 e. The van der Waals surface area contributed by atoms with E-state index in [1.165, 1.54) is 35.0 Å². The monoisotopic (exact) mass is 273 g/mol. The van der Waals surface area contributed by atoms with Crippen LogP contribution in [0.2, 0.25) is 0 Å². The van der Waals surface area contributed by atoms with Crippen molar-refractivity contribution in [3.63, 3.8) is 0 Å². The number of non-ortho nitro benzene ring substituents is 1. The van der Waals surface area contributed by atoms with E-state index in [2.05, 4.69) is 11.7 Å². The Labute approximate surface area is 113 Å². The summed E-state index contributed by atoms with van der Waals surface area (Å²) in [4.78, 5) is 21.3. The summed E-state index contributed by atoms with van der Waals surface area (Å²) < 4.78 is 1.28. The first-order chi connectivity index (χ1) is 9.52. The number of carboxylic acids is 1. The van der Waals surface area contributed by atoms with Crippen LogP contribution >= 0.6 is 0 Å². The molecule has 0 amide bonds. The van der Waals surface area contributed by atoms with Gasteiger partial charge in [0.1, 0.15) is 5.69 Å². The fourth-order valence-electron chi connectivity index (χ4n) is 1.77. The SMILES string of the molecule is C=CCn1nc(-c2cccc([N+](=O)[O-])c2)cc1C(=O)O. The smallest absolute Gasteiger partial charge is 0.354 e. The van der Waals surface area contributed by atoms with Crippen molar-refractivity contribution in [2.45, 2.75) is 6.54 Å². The van der Waals surface area contributed by atoms with E-state index in [-0.39, 0.29) is 17.9 Å². The molecule has 2 aromatic rings. The number of nitro benzene ring substituents is 1. The third-order valence-corrected chi connectivity index (χ3v) is 2.65. The van der Waals surface area contributed by atoms with E-state index in [1.807, 2.05) is 0 Å². The number of nitrogens with zero attached hydrogens (tertiary/aromatic N) is 3. The Morgan fingerprint density at radius 2 is 2.25 bits per heavy atom. The van der Waals surface area contributed by atoms with Gasteiger partial charge in [-0.2, -0.15) is 5.10 Å². The predicted molar refractivity (Wildman–Crippen MR) is 71.5 cm³/mol. The second-order valence-corrected chi connectivity index (χ2v) is 4.00. The van der Waals surface area contributed by atoms with Gasteiger partial charge in [0.25, 0.3) is 5.69 Å². The minimum atomic E-state index is -1.11. The highest BCUT2D eigenvalue weighted by atomic mass is 16.6. The van der Waals surface area contributed by atoms with E-state index in [4.69, 9.17) is 5.11 Å². The van der Waals surface area contributed by atoms with Crippen molar-refractivity contribution in [2.24, 2.45) is 0 Å². The van der Waals surface area contributed by atoms with Gasteiger partial charge in [0, 0.05) is 17.7 Å². The Bertz CT molecular complexity index is 691. The van der Waals surface area contributed by atoms with Gasteiger partial charge in [0.2, 0.25) is 0 Å². The zero-order chi connectivity index (χ0) is 14.7. The van der Waals surface area contributed by atoms with Crippen LogP contribution in [0.15, 0.2) is 43.0 Å². The van der Waals surface area contributed by atoms with Gasteiger partial charge in [-0.3, -0.25) is 14.8 Å². The average Bonchev–Trinajstić information content (AvgIpc) is 2.83. The van der Waals surface area contributed by atoms with Crippen molar-refractivity contribution >= 4 is 11.7 Å². The summed E-state index contributed by atoms with van der Waals surface area (Å²) in [5, 5.41) is 24.0. The molecule has 0 atom stereocenters. The second kappa shape index (κ2) is 5.35. The molecule has 0 saturated carbocycles. The minimum absolute atomic E-state index is 0.00593. The third kappa shape index (κ3) is 2.56. The number of aromatic carboxylic acids is 1. The molecular formula is C13H11N3O4. The Morgan fingerprint density at radius 3 is 2.85 bits per heavy atom. The van der Waals surface area contributed by atoms with Crippen LogP contribution in [-0.2, 0) is 6.54 Å². The highest BCUT2D eigenvalue weighted by Gasteiger charge is 2.16. The molecule has 0 spiro atoms. The zero-order valence-electron chi connectivity index (χ0n) is 10.4. The lowest BCUT2D eigenvalue weighted by Crippen LogP contribution is -2.08. The first-order valence-corrected chi connectivity index (χ1v) is 5.70. The summed E-state index contributed by atoms with van der Waals surface area (Å²) in [5.74, 6) is -1.11. The number of benzene rings is 1. The van der Waals surface area contributed by atoms with E-state index >= 15 is 0 Å². The van der Waals surface area contributed by atoms with Gasteiger partial charge in [-0.05, 0) is 6.07 Å². The number of carboxylic acid groups (broad SMARTS) is 1. The van der Waals surface area contributed by atoms with Crippen LogP contribution in [0, 0.1) is 10.1 Å². The fourth-order valence-corrected chi connectivity index (χ4v) is 1.77. The largest absolute Gasteiger partial charge is 0.477 e. The Kier molecular flexibility index (Phi) is 3.60. The standard InChI is InChI=1S/C13H11N3O4/c1-2-6-15-12(13(17)18)8-11(14-15)9-4-3-5-10(7-9)16(19)20/h2-5,7-8H,1,6H2,(H,17,18). The fraction of sp³-hybridized carbons (Fsp3) is 0.0769. The van der Waals surface area contributed by atoms with E-state index in [0.29, 0.717) is 11.3 Å². The zero-order valence-corrected chi connectivity index (χ0v) is 10.4. The van der Waals surface area contributed by atoms with Crippen molar-refractivity contribution in [1.29, 1.82) is 0 Å². The van der Waals surface area contributed by atoms with Crippen molar-refractivity contribution in [3.8, 4) is 11.3 Å². The highest BCUT2D eigenvalue weighted by Crippen LogP contribution is 2.23. The summed E-state index contributed by atoms with van der Waals surface area (Å²) in [6, 6.07) is 7.26. The summed E-state index contributed by atoms with van der Waals surface area (Å²) >= 11 is 0. The molecule has 0 radical (unpaired) electrons. The number of aromatic nitrogens is 2. The molecule has 7 nitrogen and oxygen atoms in total. The molecular weight excluding hydrogens is 262 g/mol. The topological polar surface area (TPSA) is 98.3 Å². The molecule has 102 valence electrons. The molecule has 7 heteroatoms. The van der Waals surface area contributed by atoms with E-state index in [9.17, 15) is 14.9 Å². The molecule has 1 heterocycles. The van der Waals surface area contributed by atoms with Crippen molar-refractivity contribution in [3.05, 3.63) is 58.8 Å². The quantitative estimate of drug-likeness (QED) is 0.512. The van der Waals surface area contributed by atoms with Crippen LogP contribution < -0.4 is 0 Å². The molecule has 2 rings (SSSR count). The van der Waals surface area contributed by atoms with E-state index in [1.54, 1.807) is 6.07 Å². The molecule has 0 fully saturated rings. The highest BCUT2D eigenvalue weighted by molar-refractivity contribution is 5.87. The number of nitro groups is 1. The van der Waals surface area contributed by atoms with Crippen LogP contribution in [0.25, 0.3) is 11.3 Å². The maximum atomic E-state index is 11.1. The molecule has 1 aromatic carbocycles. The van der Waals surface area contributed by atoms with Crippen LogP contribution in [0.5, 0.6) is 0 Å². The molecule has 20 heavy (non-hydrogen) atoms. The van der Waals surface area contributed by atoms with Crippen molar-refractivity contribution < 1.29 is 14.8 Å². The van der Waals surface area contributed by atoms with Crippen LogP contribution in [-0.4, -0.2) is 25.8 Å². The molecule has 0 bridgehead atoms. The summed E-state index contributed by atoms with van der Waals surface area (Å²) in [6.07, 6.45) is 1.52. The van der Waals surface area contributed by atoms with Crippen molar-refractivity contribution in [1.82, 2.24) is 9.78 Å². The van der Waals surface area contributed by atoms with Crippen LogP contribution in [0.3, 0.4) is 0 Å². The third-order valence-electron chi connectivity index (χ3n) is 2.65. The van der Waals surface area contributed by atoms with Crippen LogP contribution in [0.4, 0.5) is 5.69 Å². The number of hydrogen-bond donors (Lipinski definition) is 1. The van der Waals surface area contributed by atoms with Gasteiger partial charge in [-0.15, -0.1) is 6.58 Å². The lowest BCUT2D eigenvalue weighted by Gasteiger charge is -1.99. The molecule has 0 aliphatic heterocycles. The number of hydrogen-bond acceptors (Lipinski definition) is 4.